The molecular formula is C23H29Cl2N5O. The normalized spacial score (nSPS) is 19.4. The number of rotatable bonds is 5. The van der Waals surface area contributed by atoms with Crippen LogP contribution in [0.2, 0.25) is 10.0 Å². The van der Waals surface area contributed by atoms with Crippen molar-refractivity contribution < 1.29 is 4.79 Å². The van der Waals surface area contributed by atoms with Crippen LogP contribution in [0.3, 0.4) is 0 Å². The maximum atomic E-state index is 13.2. The number of nitrogens with zero attached hydrogens (tertiary/aromatic N) is 3. The molecule has 0 bridgehead atoms. The lowest BCUT2D eigenvalue weighted by atomic mass is 9.98. The third kappa shape index (κ3) is 5.30. The van der Waals surface area contributed by atoms with Crippen molar-refractivity contribution in [3.05, 3.63) is 57.1 Å². The summed E-state index contributed by atoms with van der Waals surface area (Å²) in [5.74, 6) is 1.34. The third-order valence-electron chi connectivity index (χ3n) is 5.96. The van der Waals surface area contributed by atoms with E-state index in [9.17, 15) is 4.79 Å². The maximum Gasteiger partial charge on any atom is 0.318 e. The Bertz CT molecular complexity index is 946. The van der Waals surface area contributed by atoms with Gasteiger partial charge >= 0.3 is 6.03 Å². The number of urea groups is 1. The highest BCUT2D eigenvalue weighted by molar-refractivity contribution is 6.42. The molecule has 2 aromatic rings. The van der Waals surface area contributed by atoms with Gasteiger partial charge in [-0.2, -0.15) is 0 Å². The lowest BCUT2D eigenvalue weighted by Gasteiger charge is -2.32. The monoisotopic (exact) mass is 461 g/mol. The SMILES string of the molecule is CC(C)Cc1ncc2c(n1)CN(C(=O)N[C@@H](c1ccc(Cl)c(Cl)c1)[C@@H]1CCCN1)CC2. The number of halogens is 2. The van der Waals surface area contributed by atoms with Gasteiger partial charge in [0.15, 0.2) is 0 Å². The fourth-order valence-corrected chi connectivity index (χ4v) is 4.63. The molecule has 8 heteroatoms. The molecule has 0 spiro atoms. The molecule has 1 aromatic heterocycles. The highest BCUT2D eigenvalue weighted by atomic mass is 35.5. The summed E-state index contributed by atoms with van der Waals surface area (Å²) >= 11 is 12.4. The molecule has 2 atom stereocenters. The van der Waals surface area contributed by atoms with Crippen molar-refractivity contribution in [2.45, 2.75) is 58.2 Å². The van der Waals surface area contributed by atoms with E-state index in [1.807, 2.05) is 23.2 Å². The molecule has 1 aromatic carbocycles. The Morgan fingerprint density at radius 1 is 1.32 bits per heavy atom. The van der Waals surface area contributed by atoms with Gasteiger partial charge in [-0.3, -0.25) is 0 Å². The molecule has 2 aliphatic heterocycles. The van der Waals surface area contributed by atoms with E-state index in [0.717, 1.165) is 54.9 Å². The van der Waals surface area contributed by atoms with Gasteiger partial charge in [0.25, 0.3) is 0 Å². The number of fused-ring (bicyclic) bond motifs is 1. The van der Waals surface area contributed by atoms with E-state index in [-0.39, 0.29) is 18.1 Å². The van der Waals surface area contributed by atoms with E-state index in [1.54, 1.807) is 6.07 Å². The van der Waals surface area contributed by atoms with Crippen molar-refractivity contribution >= 4 is 29.2 Å². The smallest absolute Gasteiger partial charge is 0.318 e. The van der Waals surface area contributed by atoms with Gasteiger partial charge in [-0.25, -0.2) is 14.8 Å². The second-order valence-corrected chi connectivity index (χ2v) is 9.65. The summed E-state index contributed by atoms with van der Waals surface area (Å²) in [7, 11) is 0. The van der Waals surface area contributed by atoms with E-state index in [4.69, 9.17) is 28.2 Å². The zero-order valence-electron chi connectivity index (χ0n) is 18.0. The van der Waals surface area contributed by atoms with Crippen LogP contribution in [0, 0.1) is 5.92 Å². The Morgan fingerprint density at radius 2 is 2.16 bits per heavy atom. The minimum Gasteiger partial charge on any atom is -0.330 e. The van der Waals surface area contributed by atoms with Gasteiger partial charge in [0, 0.05) is 25.2 Å². The summed E-state index contributed by atoms with van der Waals surface area (Å²) in [4.78, 5) is 24.3. The number of carbonyl (C=O) groups is 1. The second-order valence-electron chi connectivity index (χ2n) is 8.83. The van der Waals surface area contributed by atoms with Crippen LogP contribution < -0.4 is 10.6 Å². The van der Waals surface area contributed by atoms with E-state index in [0.29, 0.717) is 29.1 Å². The Morgan fingerprint density at radius 3 is 2.87 bits per heavy atom. The van der Waals surface area contributed by atoms with Gasteiger partial charge in [0.05, 0.1) is 28.3 Å². The number of benzene rings is 1. The minimum atomic E-state index is -0.173. The predicted molar refractivity (Wildman–Crippen MR) is 123 cm³/mol. The Balaban J connectivity index is 1.50. The molecule has 4 rings (SSSR count). The summed E-state index contributed by atoms with van der Waals surface area (Å²) in [5.41, 5.74) is 3.05. The van der Waals surface area contributed by atoms with E-state index in [1.165, 1.54) is 0 Å². The first-order valence-corrected chi connectivity index (χ1v) is 11.7. The molecule has 2 aliphatic rings. The van der Waals surface area contributed by atoms with Gasteiger partial charge in [-0.15, -0.1) is 0 Å². The average molecular weight is 462 g/mol. The van der Waals surface area contributed by atoms with E-state index in [2.05, 4.69) is 29.5 Å². The lowest BCUT2D eigenvalue weighted by Crippen LogP contribution is -2.48. The van der Waals surface area contributed by atoms with Gasteiger partial charge < -0.3 is 15.5 Å². The van der Waals surface area contributed by atoms with E-state index >= 15 is 0 Å². The van der Waals surface area contributed by atoms with Crippen LogP contribution in [0.4, 0.5) is 4.79 Å². The molecular weight excluding hydrogens is 433 g/mol. The molecule has 3 heterocycles. The standard InChI is InChI=1S/C23H29Cl2N5O/c1-14(2)10-21-27-12-16-7-9-30(13-20(16)28-21)23(31)29-22(19-4-3-8-26-19)15-5-6-17(24)18(25)11-15/h5-6,11-12,14,19,22,26H,3-4,7-10,13H2,1-2H3,(H,29,31)/t19-,22-/m0/s1. The van der Waals surface area contributed by atoms with Crippen molar-refractivity contribution in [3.63, 3.8) is 0 Å². The largest absolute Gasteiger partial charge is 0.330 e. The molecule has 31 heavy (non-hydrogen) atoms. The predicted octanol–water partition coefficient (Wildman–Crippen LogP) is 4.54. The van der Waals surface area contributed by atoms with Crippen molar-refractivity contribution in [1.29, 1.82) is 0 Å². The number of aromatic nitrogens is 2. The first kappa shape index (κ1) is 22.3. The van der Waals surface area contributed by atoms with E-state index < -0.39 is 0 Å². The summed E-state index contributed by atoms with van der Waals surface area (Å²) in [6, 6.07) is 5.49. The quantitative estimate of drug-likeness (QED) is 0.685. The van der Waals surface area contributed by atoms with Crippen molar-refractivity contribution in [3.8, 4) is 0 Å². The Labute approximate surface area is 193 Å². The first-order chi connectivity index (χ1) is 14.9. The second kappa shape index (κ2) is 9.72. The van der Waals surface area contributed by atoms with Gasteiger partial charge in [-0.05, 0) is 55.0 Å². The van der Waals surface area contributed by atoms with Gasteiger partial charge in [0.2, 0.25) is 0 Å². The number of nitrogens with one attached hydrogen (secondary N) is 2. The van der Waals surface area contributed by atoms with Crippen LogP contribution in [-0.2, 0) is 19.4 Å². The number of carbonyl (C=O) groups excluding carboxylic acids is 1. The zero-order valence-corrected chi connectivity index (χ0v) is 19.5. The molecule has 0 aliphatic carbocycles. The summed E-state index contributed by atoms with van der Waals surface area (Å²) in [6.07, 6.45) is 5.62. The third-order valence-corrected chi connectivity index (χ3v) is 6.70. The molecule has 1 fully saturated rings. The highest BCUT2D eigenvalue weighted by Crippen LogP contribution is 2.30. The average Bonchev–Trinajstić information content (AvgIpc) is 3.27. The fourth-order valence-electron chi connectivity index (χ4n) is 4.32. The van der Waals surface area contributed by atoms with Crippen LogP contribution in [-0.4, -0.2) is 40.0 Å². The van der Waals surface area contributed by atoms with Gasteiger partial charge in [-0.1, -0.05) is 43.1 Å². The summed E-state index contributed by atoms with van der Waals surface area (Å²) in [6.45, 7) is 6.41. The van der Waals surface area contributed by atoms with Crippen LogP contribution in [0.25, 0.3) is 0 Å². The number of amides is 2. The van der Waals surface area contributed by atoms with Crippen molar-refractivity contribution in [2.24, 2.45) is 5.92 Å². The molecule has 0 saturated carbocycles. The van der Waals surface area contributed by atoms with Crippen LogP contribution in [0.15, 0.2) is 24.4 Å². The van der Waals surface area contributed by atoms with Crippen LogP contribution >= 0.6 is 23.2 Å². The minimum absolute atomic E-state index is 0.0838. The number of hydrogen-bond acceptors (Lipinski definition) is 4. The Hall–Kier alpha value is -1.89. The molecule has 0 radical (unpaired) electrons. The van der Waals surface area contributed by atoms with Crippen molar-refractivity contribution in [1.82, 2.24) is 25.5 Å². The fraction of sp³-hybridized carbons (Fsp3) is 0.522. The Kier molecular flexibility index (Phi) is 6.99. The molecule has 6 nitrogen and oxygen atoms in total. The summed E-state index contributed by atoms with van der Waals surface area (Å²) in [5, 5.41) is 7.77. The summed E-state index contributed by atoms with van der Waals surface area (Å²) < 4.78 is 0. The van der Waals surface area contributed by atoms with Crippen LogP contribution in [0.1, 0.15) is 55.4 Å². The lowest BCUT2D eigenvalue weighted by molar-refractivity contribution is 0.184. The molecule has 0 unspecified atom stereocenters. The van der Waals surface area contributed by atoms with Gasteiger partial charge in [0.1, 0.15) is 5.82 Å². The molecule has 166 valence electrons. The topological polar surface area (TPSA) is 70.2 Å². The zero-order chi connectivity index (χ0) is 22.0. The number of hydrogen-bond donors (Lipinski definition) is 2. The maximum absolute atomic E-state index is 13.2. The molecule has 2 N–H and O–H groups in total. The molecule has 1 saturated heterocycles. The first-order valence-electron chi connectivity index (χ1n) is 11.0. The highest BCUT2D eigenvalue weighted by Gasteiger charge is 2.30. The van der Waals surface area contributed by atoms with Crippen molar-refractivity contribution in [2.75, 3.05) is 13.1 Å². The molecule has 2 amide bonds. The van der Waals surface area contributed by atoms with Crippen LogP contribution in [0.5, 0.6) is 0 Å².